The number of thiazole rings is 1. The first-order valence-corrected chi connectivity index (χ1v) is 11.1. The largest absolute Gasteiger partial charge is 0.507 e. The average Bonchev–Trinajstić information content (AvgIpc) is 3.23. The highest BCUT2D eigenvalue weighted by molar-refractivity contribution is 7.16. The average molecular weight is 469 g/mol. The lowest BCUT2D eigenvalue weighted by Crippen LogP contribution is -2.29. The van der Waals surface area contributed by atoms with Gasteiger partial charge in [0.2, 0.25) is 0 Å². The zero-order valence-corrected chi connectivity index (χ0v) is 19.5. The number of carbonyl (C=O) groups excluding carboxylic acids is 2. The van der Waals surface area contributed by atoms with Gasteiger partial charge in [0.15, 0.2) is 5.13 Å². The number of halogens is 1. The summed E-state index contributed by atoms with van der Waals surface area (Å²) in [7, 11) is 1.49. The fourth-order valence-electron chi connectivity index (χ4n) is 3.62. The second-order valence-electron chi connectivity index (χ2n) is 7.57. The van der Waals surface area contributed by atoms with Gasteiger partial charge in [-0.3, -0.25) is 14.5 Å². The molecule has 0 spiro atoms. The number of carbonyl (C=O) groups is 2. The van der Waals surface area contributed by atoms with Crippen molar-refractivity contribution in [1.82, 2.24) is 4.98 Å². The van der Waals surface area contributed by atoms with Crippen LogP contribution in [0, 0.1) is 20.8 Å². The Morgan fingerprint density at radius 2 is 1.81 bits per heavy atom. The van der Waals surface area contributed by atoms with Crippen molar-refractivity contribution in [1.29, 1.82) is 0 Å². The first kappa shape index (κ1) is 22.0. The van der Waals surface area contributed by atoms with Crippen LogP contribution in [0.25, 0.3) is 5.76 Å². The molecule has 6 nitrogen and oxygen atoms in total. The number of anilines is 1. The number of amides is 1. The number of hydrogen-bond donors (Lipinski definition) is 1. The third-order valence-electron chi connectivity index (χ3n) is 5.49. The van der Waals surface area contributed by atoms with Gasteiger partial charge < -0.3 is 9.84 Å². The van der Waals surface area contributed by atoms with Crippen LogP contribution in [-0.2, 0) is 9.59 Å². The summed E-state index contributed by atoms with van der Waals surface area (Å²) < 4.78 is 5.17. The lowest BCUT2D eigenvalue weighted by molar-refractivity contribution is -0.132. The summed E-state index contributed by atoms with van der Waals surface area (Å²) in [5, 5.41) is 11.9. The van der Waals surface area contributed by atoms with E-state index in [0.717, 1.165) is 16.1 Å². The highest BCUT2D eigenvalue weighted by Crippen LogP contribution is 2.44. The van der Waals surface area contributed by atoms with E-state index in [1.54, 1.807) is 12.1 Å². The SMILES string of the molecule is COc1ccc(/C(O)=C2\C(=O)C(=O)N(c3nc(C)c(C)s3)[C@@H]2c2ccc(C)cc2)cc1Cl. The molecular weight excluding hydrogens is 448 g/mol. The minimum atomic E-state index is -0.818. The van der Waals surface area contributed by atoms with Crippen molar-refractivity contribution < 1.29 is 19.4 Å². The number of aliphatic hydroxyl groups is 1. The van der Waals surface area contributed by atoms with E-state index in [1.165, 1.54) is 29.4 Å². The summed E-state index contributed by atoms with van der Waals surface area (Å²) in [6.45, 7) is 5.72. The highest BCUT2D eigenvalue weighted by Gasteiger charge is 2.48. The molecule has 1 fully saturated rings. The Morgan fingerprint density at radius 1 is 1.12 bits per heavy atom. The number of nitrogens with zero attached hydrogens (tertiary/aromatic N) is 2. The van der Waals surface area contributed by atoms with Gasteiger partial charge in [0.1, 0.15) is 11.5 Å². The van der Waals surface area contributed by atoms with E-state index in [-0.39, 0.29) is 16.4 Å². The Balaban J connectivity index is 1.94. The van der Waals surface area contributed by atoms with Crippen LogP contribution in [0.15, 0.2) is 48.0 Å². The number of aromatic nitrogens is 1. The first-order valence-electron chi connectivity index (χ1n) is 9.88. The van der Waals surface area contributed by atoms with Crippen molar-refractivity contribution in [2.24, 2.45) is 0 Å². The number of aryl methyl sites for hydroxylation is 3. The van der Waals surface area contributed by atoms with Crippen LogP contribution in [0.1, 0.15) is 33.3 Å². The van der Waals surface area contributed by atoms with Crippen LogP contribution in [0.2, 0.25) is 5.02 Å². The Bertz CT molecular complexity index is 1240. The maximum Gasteiger partial charge on any atom is 0.301 e. The number of rotatable bonds is 4. The van der Waals surface area contributed by atoms with Gasteiger partial charge in [0, 0.05) is 10.4 Å². The molecule has 0 bridgehead atoms. The summed E-state index contributed by atoms with van der Waals surface area (Å²) in [5.74, 6) is -1.37. The number of ketones is 1. The zero-order chi connectivity index (χ0) is 23.2. The molecule has 0 radical (unpaired) electrons. The molecule has 2 heterocycles. The van der Waals surface area contributed by atoms with Gasteiger partial charge in [-0.2, -0.15) is 0 Å². The van der Waals surface area contributed by atoms with Crippen LogP contribution in [0.3, 0.4) is 0 Å². The Morgan fingerprint density at radius 3 is 2.38 bits per heavy atom. The number of benzene rings is 2. The van der Waals surface area contributed by atoms with Gasteiger partial charge in [-0.05, 0) is 44.5 Å². The molecule has 1 atom stereocenters. The van der Waals surface area contributed by atoms with Crippen LogP contribution in [0.5, 0.6) is 5.75 Å². The predicted molar refractivity (Wildman–Crippen MR) is 126 cm³/mol. The summed E-state index contributed by atoms with van der Waals surface area (Å²) in [5.41, 5.74) is 2.83. The van der Waals surface area contributed by atoms with E-state index in [2.05, 4.69) is 4.98 Å². The van der Waals surface area contributed by atoms with E-state index in [0.29, 0.717) is 22.0 Å². The lowest BCUT2D eigenvalue weighted by atomic mass is 9.95. The third-order valence-corrected chi connectivity index (χ3v) is 6.85. The minimum Gasteiger partial charge on any atom is -0.507 e. The highest BCUT2D eigenvalue weighted by atomic mass is 35.5. The van der Waals surface area contributed by atoms with Gasteiger partial charge in [0.05, 0.1) is 29.4 Å². The van der Waals surface area contributed by atoms with Gasteiger partial charge in [0.25, 0.3) is 5.78 Å². The molecule has 0 unspecified atom stereocenters. The van der Waals surface area contributed by atoms with Crippen LogP contribution >= 0.6 is 22.9 Å². The number of ether oxygens (including phenoxy) is 1. The molecule has 3 aromatic rings. The monoisotopic (exact) mass is 468 g/mol. The Labute approximate surface area is 194 Å². The van der Waals surface area contributed by atoms with E-state index in [1.807, 2.05) is 45.0 Å². The fraction of sp³-hybridized carbons (Fsp3) is 0.208. The van der Waals surface area contributed by atoms with E-state index in [4.69, 9.17) is 16.3 Å². The quantitative estimate of drug-likeness (QED) is 0.317. The molecule has 8 heteroatoms. The smallest absolute Gasteiger partial charge is 0.301 e. The molecule has 1 aliphatic rings. The second kappa shape index (κ2) is 8.41. The Kier molecular flexibility index (Phi) is 5.79. The van der Waals surface area contributed by atoms with Crippen molar-refractivity contribution in [2.45, 2.75) is 26.8 Å². The summed E-state index contributed by atoms with van der Waals surface area (Å²) >= 11 is 7.57. The van der Waals surface area contributed by atoms with E-state index >= 15 is 0 Å². The summed E-state index contributed by atoms with van der Waals surface area (Å²) in [6.07, 6.45) is 0. The van der Waals surface area contributed by atoms with E-state index in [9.17, 15) is 14.7 Å². The molecule has 4 rings (SSSR count). The van der Waals surface area contributed by atoms with Gasteiger partial charge in [-0.1, -0.05) is 41.4 Å². The van der Waals surface area contributed by atoms with Gasteiger partial charge in [-0.25, -0.2) is 4.98 Å². The van der Waals surface area contributed by atoms with Crippen LogP contribution in [0.4, 0.5) is 5.13 Å². The third kappa shape index (κ3) is 3.67. The zero-order valence-electron chi connectivity index (χ0n) is 18.0. The first-order chi connectivity index (χ1) is 15.2. The summed E-state index contributed by atoms with van der Waals surface area (Å²) in [6, 6.07) is 11.4. The summed E-state index contributed by atoms with van der Waals surface area (Å²) in [4.78, 5) is 33.1. The van der Waals surface area contributed by atoms with Crippen LogP contribution in [-0.4, -0.2) is 28.9 Å². The number of methoxy groups -OCH3 is 1. The molecule has 1 amide bonds. The van der Waals surface area contributed by atoms with Gasteiger partial charge in [-0.15, -0.1) is 11.3 Å². The maximum absolute atomic E-state index is 13.2. The molecule has 0 saturated carbocycles. The van der Waals surface area contributed by atoms with E-state index < -0.39 is 17.7 Å². The molecular formula is C24H21ClN2O4S. The molecule has 32 heavy (non-hydrogen) atoms. The fourth-order valence-corrected chi connectivity index (χ4v) is 4.82. The van der Waals surface area contributed by atoms with Crippen molar-refractivity contribution >= 4 is 45.5 Å². The van der Waals surface area contributed by atoms with Crippen molar-refractivity contribution in [2.75, 3.05) is 12.0 Å². The number of aliphatic hydroxyl groups excluding tert-OH is 1. The standard InChI is InChI=1S/C24H21ClN2O4S/c1-12-5-7-15(8-6-12)20-19(21(28)16-9-10-18(31-4)17(25)11-16)22(29)23(30)27(20)24-26-13(2)14(3)32-24/h5-11,20,28H,1-4H3/b21-19+/t20-/m1/s1. The molecule has 2 aromatic carbocycles. The predicted octanol–water partition coefficient (Wildman–Crippen LogP) is 5.36. The molecule has 0 aliphatic carbocycles. The minimum absolute atomic E-state index is 0.00871. The van der Waals surface area contributed by atoms with Gasteiger partial charge >= 0.3 is 5.91 Å². The normalized spacial score (nSPS) is 17.8. The molecule has 1 saturated heterocycles. The van der Waals surface area contributed by atoms with Crippen molar-refractivity contribution in [3.05, 3.63) is 80.3 Å². The Hall–Kier alpha value is -3.16. The molecule has 1 aromatic heterocycles. The molecule has 1 N–H and O–H groups in total. The topological polar surface area (TPSA) is 79.7 Å². The number of Topliss-reactive ketones (excluding diaryl/α,β-unsaturated/α-hetero) is 1. The number of hydrogen-bond acceptors (Lipinski definition) is 6. The van der Waals surface area contributed by atoms with Crippen molar-refractivity contribution in [3.8, 4) is 5.75 Å². The van der Waals surface area contributed by atoms with Crippen molar-refractivity contribution in [3.63, 3.8) is 0 Å². The maximum atomic E-state index is 13.2. The molecule has 1 aliphatic heterocycles. The molecule has 164 valence electrons. The lowest BCUT2D eigenvalue weighted by Gasteiger charge is -2.23. The van der Waals surface area contributed by atoms with Crippen LogP contribution < -0.4 is 9.64 Å². The second-order valence-corrected chi connectivity index (χ2v) is 9.16.